The first-order valence-electron chi connectivity index (χ1n) is 7.69. The van der Waals surface area contributed by atoms with Crippen LogP contribution >= 0.6 is 11.8 Å². The summed E-state index contributed by atoms with van der Waals surface area (Å²) in [6.45, 7) is 1.71. The van der Waals surface area contributed by atoms with E-state index in [2.05, 4.69) is 23.7 Å². The highest BCUT2D eigenvalue weighted by Crippen LogP contribution is 2.35. The van der Waals surface area contributed by atoms with Crippen LogP contribution in [0.3, 0.4) is 0 Å². The number of hydrogen-bond acceptors (Lipinski definition) is 4. The minimum Gasteiger partial charge on any atom is -0.336 e. The Morgan fingerprint density at radius 1 is 1.35 bits per heavy atom. The third kappa shape index (κ3) is 6.32. The third-order valence-electron chi connectivity index (χ3n) is 3.37. The van der Waals surface area contributed by atoms with E-state index in [1.807, 2.05) is 18.2 Å². The number of rotatable bonds is 7. The SMILES string of the molecule is CC=CC(=O)ONC(=O)CC(Cc1ccccc1)SC1=CCC1. The Kier molecular flexibility index (Phi) is 6.94. The van der Waals surface area contributed by atoms with Crippen molar-refractivity contribution in [3.8, 4) is 0 Å². The molecule has 5 heteroatoms. The first kappa shape index (κ1) is 17.3. The molecule has 0 spiro atoms. The maximum Gasteiger partial charge on any atom is 0.355 e. The Hall–Kier alpha value is -2.01. The number of amides is 1. The van der Waals surface area contributed by atoms with Crippen LogP contribution in [0.25, 0.3) is 0 Å². The first-order chi connectivity index (χ1) is 11.2. The van der Waals surface area contributed by atoms with Gasteiger partial charge in [0.25, 0.3) is 5.91 Å². The second kappa shape index (κ2) is 9.20. The molecular weight excluding hydrogens is 310 g/mol. The van der Waals surface area contributed by atoms with Crippen molar-refractivity contribution in [3.63, 3.8) is 0 Å². The van der Waals surface area contributed by atoms with Crippen LogP contribution < -0.4 is 5.48 Å². The number of benzene rings is 1. The van der Waals surface area contributed by atoms with Gasteiger partial charge in [-0.2, -0.15) is 5.48 Å². The smallest absolute Gasteiger partial charge is 0.336 e. The van der Waals surface area contributed by atoms with Crippen molar-refractivity contribution < 1.29 is 14.4 Å². The van der Waals surface area contributed by atoms with E-state index in [1.165, 1.54) is 16.5 Å². The Bertz CT molecular complexity index is 596. The van der Waals surface area contributed by atoms with Crippen molar-refractivity contribution in [1.29, 1.82) is 0 Å². The van der Waals surface area contributed by atoms with Crippen molar-refractivity contribution in [1.82, 2.24) is 5.48 Å². The van der Waals surface area contributed by atoms with Crippen molar-refractivity contribution in [3.05, 3.63) is 59.0 Å². The van der Waals surface area contributed by atoms with Gasteiger partial charge in [0, 0.05) is 17.7 Å². The fourth-order valence-corrected chi connectivity index (χ4v) is 3.53. The molecule has 1 N–H and O–H groups in total. The molecule has 0 aromatic heterocycles. The van der Waals surface area contributed by atoms with Crippen LogP contribution in [-0.2, 0) is 20.8 Å². The van der Waals surface area contributed by atoms with Gasteiger partial charge in [-0.3, -0.25) is 4.79 Å². The summed E-state index contributed by atoms with van der Waals surface area (Å²) in [4.78, 5) is 29.2. The van der Waals surface area contributed by atoms with Gasteiger partial charge in [0.15, 0.2) is 0 Å². The summed E-state index contributed by atoms with van der Waals surface area (Å²) in [6.07, 6.45) is 8.34. The summed E-state index contributed by atoms with van der Waals surface area (Å²) in [5.41, 5.74) is 3.42. The average Bonchev–Trinajstić information content (AvgIpc) is 2.50. The molecule has 1 aromatic carbocycles. The molecule has 4 nitrogen and oxygen atoms in total. The van der Waals surface area contributed by atoms with Gasteiger partial charge >= 0.3 is 5.97 Å². The van der Waals surface area contributed by atoms with E-state index < -0.39 is 5.97 Å². The fourth-order valence-electron chi connectivity index (χ4n) is 2.14. The van der Waals surface area contributed by atoms with E-state index in [0.29, 0.717) is 6.42 Å². The van der Waals surface area contributed by atoms with Gasteiger partial charge in [-0.15, -0.1) is 11.8 Å². The molecule has 122 valence electrons. The number of thioether (sulfide) groups is 1. The lowest BCUT2D eigenvalue weighted by atomic mass is 10.1. The highest BCUT2D eigenvalue weighted by molar-refractivity contribution is 8.03. The zero-order valence-electron chi connectivity index (χ0n) is 13.2. The Labute approximate surface area is 140 Å². The maximum absolute atomic E-state index is 12.0. The summed E-state index contributed by atoms with van der Waals surface area (Å²) < 4.78 is 0. The molecule has 0 radical (unpaired) electrons. The Morgan fingerprint density at radius 2 is 2.09 bits per heavy atom. The molecule has 2 rings (SSSR count). The maximum atomic E-state index is 12.0. The van der Waals surface area contributed by atoms with Crippen LogP contribution in [0, 0.1) is 0 Å². The van der Waals surface area contributed by atoms with Crippen LogP contribution in [0.4, 0.5) is 0 Å². The second-order valence-corrected chi connectivity index (χ2v) is 6.72. The zero-order chi connectivity index (χ0) is 16.5. The molecule has 1 aliphatic rings. The molecule has 1 unspecified atom stereocenters. The van der Waals surface area contributed by atoms with Gasteiger partial charge in [0.2, 0.25) is 0 Å². The highest BCUT2D eigenvalue weighted by atomic mass is 32.2. The lowest BCUT2D eigenvalue weighted by Crippen LogP contribution is -2.29. The van der Waals surface area contributed by atoms with Crippen molar-refractivity contribution in [2.75, 3.05) is 0 Å². The molecule has 1 aliphatic carbocycles. The second-order valence-electron chi connectivity index (χ2n) is 5.29. The largest absolute Gasteiger partial charge is 0.355 e. The Morgan fingerprint density at radius 3 is 2.70 bits per heavy atom. The van der Waals surface area contributed by atoms with Gasteiger partial charge in [0.05, 0.1) is 0 Å². The van der Waals surface area contributed by atoms with Crippen LogP contribution in [0.1, 0.15) is 31.7 Å². The molecule has 0 saturated heterocycles. The number of hydrogen-bond donors (Lipinski definition) is 1. The van der Waals surface area contributed by atoms with Crippen LogP contribution in [0.2, 0.25) is 0 Å². The van der Waals surface area contributed by atoms with Gasteiger partial charge in [-0.05, 0) is 36.7 Å². The van der Waals surface area contributed by atoms with Crippen molar-refractivity contribution in [2.24, 2.45) is 0 Å². The number of hydroxylamine groups is 1. The number of allylic oxidation sites excluding steroid dienone is 3. The van der Waals surface area contributed by atoms with Crippen LogP contribution in [0.5, 0.6) is 0 Å². The summed E-state index contributed by atoms with van der Waals surface area (Å²) >= 11 is 1.74. The summed E-state index contributed by atoms with van der Waals surface area (Å²) in [6, 6.07) is 10.1. The minimum absolute atomic E-state index is 0.129. The van der Waals surface area contributed by atoms with Gasteiger partial charge < -0.3 is 4.84 Å². The minimum atomic E-state index is -0.574. The van der Waals surface area contributed by atoms with E-state index in [0.717, 1.165) is 19.3 Å². The molecule has 0 bridgehead atoms. The van der Waals surface area contributed by atoms with Crippen molar-refractivity contribution in [2.45, 2.75) is 37.9 Å². The third-order valence-corrected chi connectivity index (χ3v) is 4.71. The molecule has 0 heterocycles. The molecule has 1 amide bonds. The van der Waals surface area contributed by atoms with Crippen LogP contribution in [-0.4, -0.2) is 17.1 Å². The lowest BCUT2D eigenvalue weighted by molar-refractivity contribution is -0.153. The molecule has 1 aromatic rings. The fraction of sp³-hybridized carbons (Fsp3) is 0.333. The normalized spacial score (nSPS) is 14.7. The van der Waals surface area contributed by atoms with Gasteiger partial charge in [-0.1, -0.05) is 42.5 Å². The first-order valence-corrected chi connectivity index (χ1v) is 8.57. The molecule has 0 saturated carbocycles. The molecule has 1 atom stereocenters. The van der Waals surface area contributed by atoms with Crippen LogP contribution in [0.15, 0.2) is 53.5 Å². The quantitative estimate of drug-likeness (QED) is 0.613. The number of carbonyl (C=O) groups excluding carboxylic acids is 2. The lowest BCUT2D eigenvalue weighted by Gasteiger charge is -2.21. The average molecular weight is 331 g/mol. The van der Waals surface area contributed by atoms with Gasteiger partial charge in [0.1, 0.15) is 0 Å². The number of nitrogens with one attached hydrogen (secondary N) is 1. The summed E-state index contributed by atoms with van der Waals surface area (Å²) in [5.74, 6) is -0.856. The molecule has 0 aliphatic heterocycles. The summed E-state index contributed by atoms with van der Waals surface area (Å²) in [5, 5.41) is 0.129. The topological polar surface area (TPSA) is 55.4 Å². The van der Waals surface area contributed by atoms with E-state index in [-0.39, 0.29) is 11.2 Å². The molecule has 0 fully saturated rings. The Balaban J connectivity index is 1.88. The highest BCUT2D eigenvalue weighted by Gasteiger charge is 2.19. The van der Waals surface area contributed by atoms with E-state index in [9.17, 15) is 9.59 Å². The molecule has 23 heavy (non-hydrogen) atoms. The predicted molar refractivity (Wildman–Crippen MR) is 92.5 cm³/mol. The summed E-state index contributed by atoms with van der Waals surface area (Å²) in [7, 11) is 0. The van der Waals surface area contributed by atoms with Crippen molar-refractivity contribution >= 4 is 23.6 Å². The van der Waals surface area contributed by atoms with E-state index in [1.54, 1.807) is 24.8 Å². The van der Waals surface area contributed by atoms with Gasteiger partial charge in [-0.25, -0.2) is 4.79 Å². The predicted octanol–water partition coefficient (Wildman–Crippen LogP) is 3.55. The monoisotopic (exact) mass is 331 g/mol. The number of carbonyl (C=O) groups is 2. The molecular formula is C18H21NO3S. The van der Waals surface area contributed by atoms with E-state index >= 15 is 0 Å². The van der Waals surface area contributed by atoms with E-state index in [4.69, 9.17) is 4.84 Å². The zero-order valence-corrected chi connectivity index (χ0v) is 14.0. The standard InChI is InChI=1S/C18H21NO3S/c1-2-7-18(21)22-19-17(20)13-16(23-15-10-6-11-15)12-14-8-4-3-5-9-14/h2-5,7-10,16H,6,11-13H2,1H3,(H,19,20).